The number of nitrogens with one attached hydrogen (secondary N) is 1. The largest absolute Gasteiger partial charge is 0.376 e. The van der Waals surface area contributed by atoms with Gasteiger partial charge in [-0.15, -0.1) is 11.8 Å². The maximum atomic E-state index is 12.7. The van der Waals surface area contributed by atoms with Crippen LogP contribution < -0.4 is 5.32 Å². The first-order valence-corrected chi connectivity index (χ1v) is 8.81. The van der Waals surface area contributed by atoms with Gasteiger partial charge in [0.25, 0.3) is 0 Å². The van der Waals surface area contributed by atoms with Crippen LogP contribution in [0.4, 0.5) is 0 Å². The van der Waals surface area contributed by atoms with Crippen molar-refractivity contribution in [1.29, 1.82) is 0 Å². The Bertz CT molecular complexity index is 306. The van der Waals surface area contributed by atoms with Crippen LogP contribution in [0.25, 0.3) is 0 Å². The quantitative estimate of drug-likeness (QED) is 0.815. The average Bonchev–Trinajstić information content (AvgIpc) is 3.20. The predicted molar refractivity (Wildman–Crippen MR) is 78.8 cm³/mol. The van der Waals surface area contributed by atoms with E-state index in [4.69, 9.17) is 9.47 Å². The van der Waals surface area contributed by atoms with Crippen LogP contribution in [0.1, 0.15) is 25.7 Å². The summed E-state index contributed by atoms with van der Waals surface area (Å²) >= 11 is 1.79. The number of nitrogens with zero attached hydrogens (tertiary/aromatic N) is 1. The fraction of sp³-hybridized carbons (Fsp3) is 0.929. The third-order valence-electron chi connectivity index (χ3n) is 4.22. The monoisotopic (exact) mass is 300 g/mol. The fourth-order valence-electron chi connectivity index (χ4n) is 3.10. The standard InChI is InChI=1S/C14H24N2O3S/c17-14(13-9-20-10-15-13)16(7-11-3-1-5-18-11)8-12-4-2-6-19-12/h11-13,15H,1-10H2. The minimum atomic E-state index is -0.0252. The minimum Gasteiger partial charge on any atom is -0.376 e. The van der Waals surface area contributed by atoms with Gasteiger partial charge in [-0.3, -0.25) is 10.1 Å². The van der Waals surface area contributed by atoms with Gasteiger partial charge < -0.3 is 14.4 Å². The smallest absolute Gasteiger partial charge is 0.240 e. The maximum absolute atomic E-state index is 12.7. The molecule has 0 aromatic carbocycles. The van der Waals surface area contributed by atoms with Crippen LogP contribution in [0, 0.1) is 0 Å². The molecule has 3 heterocycles. The van der Waals surface area contributed by atoms with Crippen LogP contribution in [0.5, 0.6) is 0 Å². The molecule has 3 rings (SSSR count). The average molecular weight is 300 g/mol. The Hall–Kier alpha value is -0.300. The van der Waals surface area contributed by atoms with Crippen LogP contribution in [-0.2, 0) is 14.3 Å². The molecule has 0 aliphatic carbocycles. The lowest BCUT2D eigenvalue weighted by Gasteiger charge is -2.29. The van der Waals surface area contributed by atoms with E-state index in [1.54, 1.807) is 11.8 Å². The van der Waals surface area contributed by atoms with Crippen molar-refractivity contribution in [1.82, 2.24) is 10.2 Å². The van der Waals surface area contributed by atoms with Crippen molar-refractivity contribution in [2.24, 2.45) is 0 Å². The number of carbonyl (C=O) groups is 1. The Labute approximate surface area is 124 Å². The number of rotatable bonds is 5. The van der Waals surface area contributed by atoms with Crippen LogP contribution in [0.15, 0.2) is 0 Å². The molecule has 1 N–H and O–H groups in total. The lowest BCUT2D eigenvalue weighted by Crippen LogP contribution is -2.49. The van der Waals surface area contributed by atoms with Gasteiger partial charge in [0.2, 0.25) is 5.91 Å². The highest BCUT2D eigenvalue weighted by molar-refractivity contribution is 7.99. The Balaban J connectivity index is 1.59. The summed E-state index contributed by atoms with van der Waals surface area (Å²) in [6, 6.07) is -0.0252. The number of carbonyl (C=O) groups excluding carboxylic acids is 1. The summed E-state index contributed by atoms with van der Waals surface area (Å²) < 4.78 is 11.4. The van der Waals surface area contributed by atoms with Crippen molar-refractivity contribution in [3.8, 4) is 0 Å². The van der Waals surface area contributed by atoms with Crippen molar-refractivity contribution in [2.75, 3.05) is 37.9 Å². The van der Waals surface area contributed by atoms with Crippen molar-refractivity contribution < 1.29 is 14.3 Å². The van der Waals surface area contributed by atoms with Gasteiger partial charge in [0.1, 0.15) is 0 Å². The molecule has 3 unspecified atom stereocenters. The molecule has 3 aliphatic heterocycles. The van der Waals surface area contributed by atoms with Gasteiger partial charge in [-0.05, 0) is 25.7 Å². The zero-order chi connectivity index (χ0) is 13.8. The van der Waals surface area contributed by atoms with E-state index in [-0.39, 0.29) is 24.2 Å². The normalized spacial score (nSPS) is 33.7. The number of thioether (sulfide) groups is 1. The molecule has 1 amide bonds. The topological polar surface area (TPSA) is 50.8 Å². The van der Waals surface area contributed by atoms with Crippen molar-refractivity contribution >= 4 is 17.7 Å². The van der Waals surface area contributed by atoms with Gasteiger partial charge in [0, 0.05) is 37.9 Å². The summed E-state index contributed by atoms with van der Waals surface area (Å²) in [7, 11) is 0. The zero-order valence-corrected chi connectivity index (χ0v) is 12.7. The molecule has 0 bridgehead atoms. The lowest BCUT2D eigenvalue weighted by molar-refractivity contribution is -0.136. The number of hydrogen-bond donors (Lipinski definition) is 1. The highest BCUT2D eigenvalue weighted by Crippen LogP contribution is 2.19. The van der Waals surface area contributed by atoms with Crippen LogP contribution in [0.3, 0.4) is 0 Å². The minimum absolute atomic E-state index is 0.0252. The summed E-state index contributed by atoms with van der Waals surface area (Å²) in [6.45, 7) is 3.12. The van der Waals surface area contributed by atoms with E-state index < -0.39 is 0 Å². The molecule has 0 aromatic heterocycles. The molecule has 6 heteroatoms. The second-order valence-electron chi connectivity index (χ2n) is 5.79. The molecular weight excluding hydrogens is 276 g/mol. The summed E-state index contributed by atoms with van der Waals surface area (Å²) in [6.07, 6.45) is 4.81. The van der Waals surface area contributed by atoms with E-state index in [1.165, 1.54) is 0 Å². The van der Waals surface area contributed by atoms with Crippen LogP contribution in [0.2, 0.25) is 0 Å². The Morgan fingerprint density at radius 3 is 2.25 bits per heavy atom. The SMILES string of the molecule is O=C(C1CSCN1)N(CC1CCCO1)CC1CCCO1. The van der Waals surface area contributed by atoms with Crippen molar-refractivity contribution in [2.45, 2.75) is 43.9 Å². The van der Waals surface area contributed by atoms with E-state index in [1.807, 2.05) is 4.90 Å². The van der Waals surface area contributed by atoms with E-state index in [9.17, 15) is 4.79 Å². The molecule has 3 fully saturated rings. The first kappa shape index (κ1) is 14.6. The summed E-state index contributed by atoms with van der Waals surface area (Å²) in [5.41, 5.74) is 0. The second-order valence-corrected chi connectivity index (χ2v) is 6.82. The Kier molecular flexibility index (Phi) is 5.20. The van der Waals surface area contributed by atoms with Crippen LogP contribution in [-0.4, -0.2) is 67.0 Å². The van der Waals surface area contributed by atoms with Crippen LogP contribution >= 0.6 is 11.8 Å². The number of hydrogen-bond acceptors (Lipinski definition) is 5. The predicted octanol–water partition coefficient (Wildman–Crippen LogP) is 0.835. The molecule has 114 valence electrons. The van der Waals surface area contributed by atoms with Gasteiger partial charge in [0.05, 0.1) is 18.2 Å². The highest BCUT2D eigenvalue weighted by atomic mass is 32.2. The van der Waals surface area contributed by atoms with Gasteiger partial charge in [-0.2, -0.15) is 0 Å². The molecule has 3 saturated heterocycles. The number of amides is 1. The Morgan fingerprint density at radius 2 is 1.80 bits per heavy atom. The van der Waals surface area contributed by atoms with E-state index >= 15 is 0 Å². The molecule has 0 spiro atoms. The van der Waals surface area contributed by atoms with E-state index in [0.717, 1.165) is 63.6 Å². The lowest BCUT2D eigenvalue weighted by atomic mass is 10.1. The third-order valence-corrected chi connectivity index (χ3v) is 5.16. The fourth-order valence-corrected chi connectivity index (χ4v) is 4.03. The molecule has 20 heavy (non-hydrogen) atoms. The molecule has 3 atom stereocenters. The van der Waals surface area contributed by atoms with Gasteiger partial charge in [-0.25, -0.2) is 0 Å². The number of ether oxygens (including phenoxy) is 2. The molecule has 5 nitrogen and oxygen atoms in total. The molecule has 0 aromatic rings. The summed E-state index contributed by atoms with van der Waals surface area (Å²) in [5.74, 6) is 1.98. The molecule has 3 aliphatic rings. The molecule has 0 saturated carbocycles. The van der Waals surface area contributed by atoms with Gasteiger partial charge >= 0.3 is 0 Å². The first-order chi connectivity index (χ1) is 9.83. The molecular formula is C14H24N2O3S. The summed E-state index contributed by atoms with van der Waals surface area (Å²) in [5, 5.41) is 3.28. The summed E-state index contributed by atoms with van der Waals surface area (Å²) in [4.78, 5) is 14.6. The van der Waals surface area contributed by atoms with E-state index in [0.29, 0.717) is 0 Å². The van der Waals surface area contributed by atoms with Gasteiger partial charge in [0.15, 0.2) is 0 Å². The highest BCUT2D eigenvalue weighted by Gasteiger charge is 2.32. The van der Waals surface area contributed by atoms with E-state index in [2.05, 4.69) is 5.32 Å². The third kappa shape index (κ3) is 3.67. The second kappa shape index (κ2) is 7.11. The molecule has 0 radical (unpaired) electrons. The van der Waals surface area contributed by atoms with Gasteiger partial charge in [-0.1, -0.05) is 0 Å². The van der Waals surface area contributed by atoms with Crippen molar-refractivity contribution in [3.63, 3.8) is 0 Å². The first-order valence-electron chi connectivity index (χ1n) is 7.66. The van der Waals surface area contributed by atoms with Crippen molar-refractivity contribution in [3.05, 3.63) is 0 Å². The maximum Gasteiger partial charge on any atom is 0.240 e. The zero-order valence-electron chi connectivity index (χ0n) is 11.9. The Morgan fingerprint density at radius 1 is 1.15 bits per heavy atom.